The van der Waals surface area contributed by atoms with Gasteiger partial charge >= 0.3 is 0 Å². The van der Waals surface area contributed by atoms with E-state index in [2.05, 4.69) is 26.1 Å². The van der Waals surface area contributed by atoms with E-state index >= 15 is 0 Å². The van der Waals surface area contributed by atoms with Gasteiger partial charge in [0.15, 0.2) is 11.5 Å². The fourth-order valence-electron chi connectivity index (χ4n) is 3.71. The number of hydrogen-bond donors (Lipinski definition) is 3. The Hall–Kier alpha value is -4.68. The lowest BCUT2D eigenvalue weighted by Crippen LogP contribution is -2.30. The van der Waals surface area contributed by atoms with Gasteiger partial charge in [0.2, 0.25) is 11.0 Å². The number of aryl methyl sites for hydroxylation is 1. The fraction of sp³-hybridized carbons (Fsp3) is 0.167. The molecule has 0 radical (unpaired) electrons. The highest BCUT2D eigenvalue weighted by atomic mass is 32.2. The van der Waals surface area contributed by atoms with Crippen molar-refractivity contribution in [3.63, 3.8) is 0 Å². The van der Waals surface area contributed by atoms with E-state index in [9.17, 15) is 14.4 Å². The molecule has 1 atom stereocenters. The Kier molecular flexibility index (Phi) is 10.3. The van der Waals surface area contributed by atoms with Crippen molar-refractivity contribution in [2.75, 3.05) is 24.9 Å². The van der Waals surface area contributed by atoms with Gasteiger partial charge in [0, 0.05) is 16.1 Å². The van der Waals surface area contributed by atoms with Crippen LogP contribution in [0.2, 0.25) is 0 Å². The van der Waals surface area contributed by atoms with Gasteiger partial charge in [-0.15, -0.1) is 22.0 Å². The lowest BCUT2D eigenvalue weighted by Gasteiger charge is -2.14. The molecule has 3 aromatic carbocycles. The Morgan fingerprint density at radius 3 is 2.36 bits per heavy atom. The molecule has 3 N–H and O–H groups in total. The first kappa shape index (κ1) is 30.3. The monoisotopic (exact) mass is 603 g/mol. The number of nitrogens with zero attached hydrogens (tertiary/aromatic N) is 2. The predicted octanol–water partition coefficient (Wildman–Crippen LogP) is 5.39. The van der Waals surface area contributed by atoms with Gasteiger partial charge in [-0.2, -0.15) is 0 Å². The van der Waals surface area contributed by atoms with Gasteiger partial charge in [0.25, 0.3) is 11.8 Å². The first-order chi connectivity index (χ1) is 20.2. The van der Waals surface area contributed by atoms with Gasteiger partial charge < -0.3 is 20.1 Å². The van der Waals surface area contributed by atoms with Crippen molar-refractivity contribution in [2.45, 2.75) is 24.0 Å². The third-order valence-corrected chi connectivity index (χ3v) is 7.63. The average molecular weight is 604 g/mol. The minimum atomic E-state index is -0.534. The molecule has 0 aliphatic heterocycles. The van der Waals surface area contributed by atoms with E-state index in [1.54, 1.807) is 79.7 Å². The van der Waals surface area contributed by atoms with E-state index in [0.717, 1.165) is 9.90 Å². The molecule has 10 nitrogen and oxygen atoms in total. The molecule has 0 aliphatic carbocycles. The number of rotatable bonds is 11. The highest BCUT2D eigenvalue weighted by Crippen LogP contribution is 2.29. The average Bonchev–Trinajstić information content (AvgIpc) is 3.41. The number of nitrogens with one attached hydrogen (secondary N) is 3. The number of ether oxygens (including phenoxy) is 2. The normalized spacial score (nSPS) is 11.8. The zero-order valence-corrected chi connectivity index (χ0v) is 25.0. The van der Waals surface area contributed by atoms with Crippen LogP contribution in [-0.2, 0) is 9.59 Å². The van der Waals surface area contributed by atoms with Crippen LogP contribution in [-0.4, -0.2) is 47.4 Å². The molecule has 0 saturated heterocycles. The summed E-state index contributed by atoms with van der Waals surface area (Å²) in [7, 11) is 3.05. The Balaban J connectivity index is 1.52. The quantitative estimate of drug-likeness (QED) is 0.154. The summed E-state index contributed by atoms with van der Waals surface area (Å²) in [6, 6.07) is 20.9. The van der Waals surface area contributed by atoms with Crippen molar-refractivity contribution in [1.29, 1.82) is 0 Å². The fourth-order valence-corrected chi connectivity index (χ4v) is 5.23. The van der Waals surface area contributed by atoms with Crippen molar-refractivity contribution in [2.24, 2.45) is 0 Å². The molecule has 0 fully saturated rings. The van der Waals surface area contributed by atoms with Gasteiger partial charge in [-0.25, -0.2) is 0 Å². The van der Waals surface area contributed by atoms with Crippen molar-refractivity contribution in [3.05, 3.63) is 94.6 Å². The van der Waals surface area contributed by atoms with Gasteiger partial charge in [0.05, 0.1) is 19.5 Å². The van der Waals surface area contributed by atoms with E-state index < -0.39 is 17.1 Å². The molecule has 0 aliphatic rings. The van der Waals surface area contributed by atoms with Crippen molar-refractivity contribution in [3.8, 4) is 11.5 Å². The third-order valence-electron chi connectivity index (χ3n) is 5.78. The summed E-state index contributed by atoms with van der Waals surface area (Å²) in [6.07, 6.45) is 1.55. The topological polar surface area (TPSA) is 132 Å². The maximum absolute atomic E-state index is 13.5. The number of methoxy groups -OCH3 is 2. The van der Waals surface area contributed by atoms with Crippen LogP contribution in [0, 0.1) is 6.92 Å². The highest BCUT2D eigenvalue weighted by Gasteiger charge is 2.18. The first-order valence-electron chi connectivity index (χ1n) is 12.7. The number of carbonyl (C=O) groups is 3. The molecule has 0 spiro atoms. The molecular weight excluding hydrogens is 574 g/mol. The Morgan fingerprint density at radius 1 is 0.905 bits per heavy atom. The molecule has 42 heavy (non-hydrogen) atoms. The standard InChI is InChI=1S/C30H29N5O5S2/c1-18(27(36)33-30-35-34-19(2)42-30)41-23-12-8-11-22(17-23)31-29(38)24(32-28(37)21-9-6-5-7-10-21)15-20-13-14-25(39-3)26(16-20)40-4/h5-18H,1-4H3,(H,31,38)(H,32,37)(H,33,35,36)/b24-15+. The molecule has 4 rings (SSSR count). The van der Waals surface area contributed by atoms with Gasteiger partial charge in [-0.3, -0.25) is 19.7 Å². The molecule has 1 aromatic heterocycles. The van der Waals surface area contributed by atoms with Gasteiger partial charge in [-0.1, -0.05) is 41.7 Å². The molecule has 4 aromatic rings. The number of hydrogen-bond acceptors (Lipinski definition) is 9. The van der Waals surface area contributed by atoms with Crippen LogP contribution in [0.3, 0.4) is 0 Å². The van der Waals surface area contributed by atoms with Crippen LogP contribution < -0.4 is 25.4 Å². The third kappa shape index (κ3) is 8.18. The molecule has 0 bridgehead atoms. The Labute approximate surface area is 251 Å². The summed E-state index contributed by atoms with van der Waals surface area (Å²) < 4.78 is 10.7. The lowest BCUT2D eigenvalue weighted by atomic mass is 10.1. The van der Waals surface area contributed by atoms with Crippen LogP contribution in [0.5, 0.6) is 11.5 Å². The van der Waals surface area contributed by atoms with Crippen LogP contribution in [0.1, 0.15) is 27.9 Å². The predicted molar refractivity (Wildman–Crippen MR) is 165 cm³/mol. The minimum Gasteiger partial charge on any atom is -0.493 e. The SMILES string of the molecule is COc1ccc(/C=C(/NC(=O)c2ccccc2)C(=O)Nc2cccc(SC(C)C(=O)Nc3nnc(C)s3)c2)cc1OC. The van der Waals surface area contributed by atoms with Gasteiger partial charge in [-0.05, 0) is 68.0 Å². The van der Waals surface area contributed by atoms with E-state index in [4.69, 9.17) is 9.47 Å². The summed E-state index contributed by atoms with van der Waals surface area (Å²) in [5.41, 5.74) is 1.53. The molecule has 1 heterocycles. The van der Waals surface area contributed by atoms with Crippen molar-refractivity contribution in [1.82, 2.24) is 15.5 Å². The summed E-state index contributed by atoms with van der Waals surface area (Å²) in [4.78, 5) is 39.8. The number of anilines is 2. The molecule has 3 amide bonds. The van der Waals surface area contributed by atoms with Crippen LogP contribution in [0.25, 0.3) is 6.08 Å². The summed E-state index contributed by atoms with van der Waals surface area (Å²) in [5.74, 6) is -0.176. The maximum atomic E-state index is 13.5. The largest absolute Gasteiger partial charge is 0.493 e. The van der Waals surface area contributed by atoms with E-state index in [0.29, 0.717) is 33.4 Å². The molecule has 1 unspecified atom stereocenters. The molecular formula is C30H29N5O5S2. The molecule has 216 valence electrons. The zero-order valence-electron chi connectivity index (χ0n) is 23.3. The van der Waals surface area contributed by atoms with Gasteiger partial charge in [0.1, 0.15) is 10.7 Å². The van der Waals surface area contributed by atoms with Crippen LogP contribution in [0.4, 0.5) is 10.8 Å². The summed E-state index contributed by atoms with van der Waals surface area (Å²) in [6.45, 7) is 3.59. The smallest absolute Gasteiger partial charge is 0.272 e. The van der Waals surface area contributed by atoms with Crippen molar-refractivity contribution < 1.29 is 23.9 Å². The Morgan fingerprint density at radius 2 is 1.67 bits per heavy atom. The lowest BCUT2D eigenvalue weighted by molar-refractivity contribution is -0.115. The maximum Gasteiger partial charge on any atom is 0.272 e. The zero-order chi connectivity index (χ0) is 30.1. The van der Waals surface area contributed by atoms with Crippen molar-refractivity contribution >= 4 is 57.7 Å². The second kappa shape index (κ2) is 14.3. The number of aromatic nitrogens is 2. The number of amides is 3. The molecule has 0 saturated carbocycles. The summed E-state index contributed by atoms with van der Waals surface area (Å²) >= 11 is 2.63. The summed E-state index contributed by atoms with van der Waals surface area (Å²) in [5, 5.41) is 16.9. The number of benzene rings is 3. The first-order valence-corrected chi connectivity index (χ1v) is 14.4. The van der Waals surface area contributed by atoms with E-state index in [1.807, 2.05) is 13.0 Å². The second-order valence-electron chi connectivity index (χ2n) is 8.85. The number of thioether (sulfide) groups is 1. The van der Waals surface area contributed by atoms with Crippen LogP contribution in [0.15, 0.2) is 83.4 Å². The minimum absolute atomic E-state index is 0.0224. The second-order valence-corrected chi connectivity index (χ2v) is 11.4. The van der Waals surface area contributed by atoms with Crippen LogP contribution >= 0.6 is 23.1 Å². The Bertz CT molecular complexity index is 1610. The van der Waals surface area contributed by atoms with E-state index in [1.165, 1.54) is 37.3 Å². The highest BCUT2D eigenvalue weighted by molar-refractivity contribution is 8.00. The van der Waals surface area contributed by atoms with E-state index in [-0.39, 0.29) is 11.6 Å². The molecule has 12 heteroatoms. The number of carbonyl (C=O) groups excluding carboxylic acids is 3.